The quantitative estimate of drug-likeness (QED) is 0.619. The first-order valence-corrected chi connectivity index (χ1v) is 7.88. The SMILES string of the molecule is CCOc1ccnc2[nH]c(=O)n(-c3ccc4nccc(OC)c4c3)c12. The van der Waals surface area contributed by atoms with Gasteiger partial charge < -0.3 is 9.47 Å². The summed E-state index contributed by atoms with van der Waals surface area (Å²) in [6.45, 7) is 2.39. The molecule has 7 nitrogen and oxygen atoms in total. The van der Waals surface area contributed by atoms with E-state index in [0.717, 1.165) is 10.9 Å². The fourth-order valence-electron chi connectivity index (χ4n) is 2.95. The fraction of sp³-hybridized carbons (Fsp3) is 0.167. The summed E-state index contributed by atoms with van der Waals surface area (Å²) < 4.78 is 12.6. The highest BCUT2D eigenvalue weighted by atomic mass is 16.5. The Hall–Kier alpha value is -3.35. The summed E-state index contributed by atoms with van der Waals surface area (Å²) in [7, 11) is 1.61. The van der Waals surface area contributed by atoms with Gasteiger partial charge in [0.05, 0.1) is 24.9 Å². The molecule has 3 heterocycles. The number of nitrogens with zero attached hydrogens (tertiary/aromatic N) is 3. The average Bonchev–Trinajstić information content (AvgIpc) is 2.98. The van der Waals surface area contributed by atoms with E-state index in [4.69, 9.17) is 9.47 Å². The molecule has 0 saturated carbocycles. The second-order valence-electron chi connectivity index (χ2n) is 5.42. The molecule has 0 aliphatic carbocycles. The standard InChI is InChI=1S/C18H16N4O3/c1-3-25-15-7-9-20-17-16(15)22(18(23)21-17)11-4-5-13-12(10-11)14(24-2)6-8-19-13/h4-10H,3H2,1-2H3,(H,20,21,23). The number of hydrogen-bond donors (Lipinski definition) is 1. The number of nitrogens with one attached hydrogen (secondary N) is 1. The molecule has 4 aromatic rings. The highest BCUT2D eigenvalue weighted by Crippen LogP contribution is 2.29. The Morgan fingerprint density at radius 2 is 1.92 bits per heavy atom. The van der Waals surface area contributed by atoms with Crippen LogP contribution in [-0.2, 0) is 0 Å². The zero-order chi connectivity index (χ0) is 17.4. The van der Waals surface area contributed by atoms with Gasteiger partial charge in [-0.15, -0.1) is 0 Å². The molecule has 126 valence electrons. The number of pyridine rings is 2. The van der Waals surface area contributed by atoms with Crippen molar-refractivity contribution in [3.05, 3.63) is 53.2 Å². The summed E-state index contributed by atoms with van der Waals surface area (Å²) in [5, 5.41) is 0.825. The minimum absolute atomic E-state index is 0.281. The van der Waals surface area contributed by atoms with E-state index in [2.05, 4.69) is 15.0 Å². The van der Waals surface area contributed by atoms with Crippen molar-refractivity contribution >= 4 is 22.1 Å². The topological polar surface area (TPSA) is 82.0 Å². The van der Waals surface area contributed by atoms with E-state index in [0.29, 0.717) is 35.0 Å². The predicted molar refractivity (Wildman–Crippen MR) is 94.7 cm³/mol. The summed E-state index contributed by atoms with van der Waals surface area (Å²) in [6, 6.07) is 9.11. The van der Waals surface area contributed by atoms with Crippen LogP contribution in [0.4, 0.5) is 0 Å². The third-order valence-corrected chi connectivity index (χ3v) is 4.00. The number of aromatic nitrogens is 4. The van der Waals surface area contributed by atoms with Crippen LogP contribution >= 0.6 is 0 Å². The van der Waals surface area contributed by atoms with Crippen molar-refractivity contribution in [1.82, 2.24) is 19.5 Å². The maximum Gasteiger partial charge on any atom is 0.332 e. The average molecular weight is 336 g/mol. The zero-order valence-electron chi connectivity index (χ0n) is 13.8. The Balaban J connectivity index is 2.03. The first-order valence-electron chi connectivity index (χ1n) is 7.88. The van der Waals surface area contributed by atoms with Crippen molar-refractivity contribution in [2.24, 2.45) is 0 Å². The molecule has 4 rings (SSSR count). The number of H-pyrrole nitrogens is 1. The van der Waals surface area contributed by atoms with Crippen molar-refractivity contribution in [2.45, 2.75) is 6.92 Å². The van der Waals surface area contributed by atoms with Gasteiger partial charge in [0.25, 0.3) is 0 Å². The van der Waals surface area contributed by atoms with Crippen LogP contribution in [0.3, 0.4) is 0 Å². The minimum atomic E-state index is -0.281. The van der Waals surface area contributed by atoms with Gasteiger partial charge >= 0.3 is 5.69 Å². The van der Waals surface area contributed by atoms with Crippen molar-refractivity contribution in [2.75, 3.05) is 13.7 Å². The number of benzene rings is 1. The minimum Gasteiger partial charge on any atom is -0.496 e. The molecule has 3 aromatic heterocycles. The number of ether oxygens (including phenoxy) is 2. The van der Waals surface area contributed by atoms with E-state index >= 15 is 0 Å². The van der Waals surface area contributed by atoms with E-state index in [1.165, 1.54) is 0 Å². The molecular formula is C18H16N4O3. The predicted octanol–water partition coefficient (Wildman–Crippen LogP) is 2.67. The Kier molecular flexibility index (Phi) is 3.61. The molecule has 0 aliphatic heterocycles. The lowest BCUT2D eigenvalue weighted by Gasteiger charge is -2.10. The van der Waals surface area contributed by atoms with E-state index in [1.807, 2.05) is 25.1 Å². The second kappa shape index (κ2) is 5.94. The molecule has 0 amide bonds. The second-order valence-corrected chi connectivity index (χ2v) is 5.42. The number of rotatable bonds is 4. The number of fused-ring (bicyclic) bond motifs is 2. The van der Waals surface area contributed by atoms with Crippen LogP contribution in [0.15, 0.2) is 47.5 Å². The van der Waals surface area contributed by atoms with Crippen molar-refractivity contribution < 1.29 is 9.47 Å². The fourth-order valence-corrected chi connectivity index (χ4v) is 2.95. The Labute approximate surface area is 142 Å². The monoisotopic (exact) mass is 336 g/mol. The summed E-state index contributed by atoms with van der Waals surface area (Å²) in [6.07, 6.45) is 3.30. The van der Waals surface area contributed by atoms with Crippen LogP contribution in [0.25, 0.3) is 27.8 Å². The normalized spacial score (nSPS) is 11.1. The number of imidazole rings is 1. The molecule has 0 fully saturated rings. The van der Waals surface area contributed by atoms with Crippen LogP contribution in [0, 0.1) is 0 Å². The van der Waals surface area contributed by atoms with Crippen LogP contribution in [0.5, 0.6) is 11.5 Å². The van der Waals surface area contributed by atoms with Gasteiger partial charge in [0, 0.05) is 23.8 Å². The van der Waals surface area contributed by atoms with Gasteiger partial charge in [0.1, 0.15) is 17.0 Å². The maximum absolute atomic E-state index is 12.6. The van der Waals surface area contributed by atoms with Crippen LogP contribution in [-0.4, -0.2) is 33.2 Å². The zero-order valence-corrected chi connectivity index (χ0v) is 13.8. The number of aromatic amines is 1. The van der Waals surface area contributed by atoms with E-state index in [-0.39, 0.29) is 5.69 Å². The van der Waals surface area contributed by atoms with Gasteiger partial charge in [-0.1, -0.05) is 0 Å². The molecule has 1 N–H and O–H groups in total. The van der Waals surface area contributed by atoms with Crippen LogP contribution in [0.2, 0.25) is 0 Å². The maximum atomic E-state index is 12.6. The van der Waals surface area contributed by atoms with Gasteiger partial charge in [-0.25, -0.2) is 9.78 Å². The van der Waals surface area contributed by atoms with E-state index in [1.54, 1.807) is 36.2 Å². The molecule has 0 spiro atoms. The Morgan fingerprint density at radius 3 is 2.72 bits per heavy atom. The third kappa shape index (κ3) is 2.40. The molecule has 0 radical (unpaired) electrons. The summed E-state index contributed by atoms with van der Waals surface area (Å²) in [5.41, 5.74) is 2.28. The Bertz CT molecular complexity index is 1130. The lowest BCUT2D eigenvalue weighted by molar-refractivity contribution is 0.343. The van der Waals surface area contributed by atoms with Crippen molar-refractivity contribution in [3.8, 4) is 17.2 Å². The first kappa shape index (κ1) is 15.2. The van der Waals surface area contributed by atoms with E-state index in [9.17, 15) is 4.79 Å². The smallest absolute Gasteiger partial charge is 0.332 e. The summed E-state index contributed by atoms with van der Waals surface area (Å²) in [4.78, 5) is 23.9. The lowest BCUT2D eigenvalue weighted by Crippen LogP contribution is -2.15. The van der Waals surface area contributed by atoms with E-state index < -0.39 is 0 Å². The Morgan fingerprint density at radius 1 is 1.12 bits per heavy atom. The number of methoxy groups -OCH3 is 1. The lowest BCUT2D eigenvalue weighted by atomic mass is 10.2. The summed E-state index contributed by atoms with van der Waals surface area (Å²) in [5.74, 6) is 1.30. The van der Waals surface area contributed by atoms with Gasteiger partial charge in [-0.05, 0) is 31.2 Å². The highest BCUT2D eigenvalue weighted by molar-refractivity contribution is 5.88. The summed E-state index contributed by atoms with van der Waals surface area (Å²) >= 11 is 0. The van der Waals surface area contributed by atoms with Gasteiger partial charge in [-0.3, -0.25) is 14.5 Å². The molecule has 0 aliphatic rings. The molecule has 1 aromatic carbocycles. The number of hydrogen-bond acceptors (Lipinski definition) is 5. The third-order valence-electron chi connectivity index (χ3n) is 4.00. The van der Waals surface area contributed by atoms with Gasteiger partial charge in [0.2, 0.25) is 0 Å². The highest BCUT2D eigenvalue weighted by Gasteiger charge is 2.15. The molecule has 0 unspecified atom stereocenters. The first-order chi connectivity index (χ1) is 12.2. The molecule has 7 heteroatoms. The van der Waals surface area contributed by atoms with Crippen LogP contribution in [0.1, 0.15) is 6.92 Å². The van der Waals surface area contributed by atoms with Crippen LogP contribution < -0.4 is 15.2 Å². The largest absolute Gasteiger partial charge is 0.496 e. The molecule has 0 atom stereocenters. The molecule has 0 bridgehead atoms. The molecule has 0 saturated heterocycles. The molecular weight excluding hydrogens is 320 g/mol. The van der Waals surface area contributed by atoms with Gasteiger partial charge in [0.15, 0.2) is 5.65 Å². The van der Waals surface area contributed by atoms with Gasteiger partial charge in [-0.2, -0.15) is 0 Å². The molecule has 25 heavy (non-hydrogen) atoms. The van der Waals surface area contributed by atoms with Crippen molar-refractivity contribution in [3.63, 3.8) is 0 Å². The van der Waals surface area contributed by atoms with Crippen molar-refractivity contribution in [1.29, 1.82) is 0 Å².